The van der Waals surface area contributed by atoms with Gasteiger partial charge in [0.25, 0.3) is 0 Å². The summed E-state index contributed by atoms with van der Waals surface area (Å²) in [5.41, 5.74) is 9.00. The first-order chi connectivity index (χ1) is 15.9. The molecule has 2 aliphatic rings. The van der Waals surface area contributed by atoms with Crippen molar-refractivity contribution < 1.29 is 9.59 Å². The molecule has 2 saturated heterocycles. The summed E-state index contributed by atoms with van der Waals surface area (Å²) in [5.74, 6) is 0.230. The van der Waals surface area contributed by atoms with Crippen LogP contribution in [0, 0.1) is 0 Å². The number of amides is 2. The Labute approximate surface area is 202 Å². The number of nitrogens with zero attached hydrogens (tertiary/aromatic N) is 2. The molecule has 2 aliphatic heterocycles. The first-order valence-corrected chi connectivity index (χ1v) is 11.9. The van der Waals surface area contributed by atoms with Gasteiger partial charge in [-0.2, -0.15) is 0 Å². The Morgan fingerprint density at radius 2 is 0.882 bits per heavy atom. The highest BCUT2D eigenvalue weighted by atomic mass is 16.2. The molecule has 0 atom stereocenters. The molecule has 3 aromatic rings. The molecule has 34 heavy (non-hydrogen) atoms. The summed E-state index contributed by atoms with van der Waals surface area (Å²) in [6.45, 7) is 14.4. The zero-order valence-corrected chi connectivity index (χ0v) is 20.9. The minimum Gasteiger partial charge on any atom is -0.301 e. The highest BCUT2D eigenvalue weighted by Gasteiger charge is 2.35. The summed E-state index contributed by atoms with van der Waals surface area (Å²) in [4.78, 5) is 27.0. The van der Waals surface area contributed by atoms with E-state index in [2.05, 4.69) is 84.0 Å². The third-order valence-electron chi connectivity index (χ3n) is 6.72. The predicted octanol–water partition coefficient (Wildman–Crippen LogP) is 6.31. The van der Waals surface area contributed by atoms with Gasteiger partial charge in [-0.25, -0.2) is 0 Å². The van der Waals surface area contributed by atoms with Gasteiger partial charge in [-0.15, -0.1) is 0 Å². The number of carbonyl (C=O) groups excluding carboxylic acids is 2. The Kier molecular flexibility index (Phi) is 4.98. The smallest absolute Gasteiger partial charge is 0.247 e. The maximum absolute atomic E-state index is 11.7. The van der Waals surface area contributed by atoms with Gasteiger partial charge >= 0.3 is 0 Å². The van der Waals surface area contributed by atoms with Crippen LogP contribution in [0.2, 0.25) is 0 Å². The number of hydrogen-bond donors (Lipinski definition) is 0. The third-order valence-corrected chi connectivity index (χ3v) is 6.72. The summed E-state index contributed by atoms with van der Waals surface area (Å²) < 4.78 is 0. The van der Waals surface area contributed by atoms with E-state index in [1.165, 1.54) is 22.3 Å². The maximum atomic E-state index is 11.7. The molecule has 2 fully saturated rings. The van der Waals surface area contributed by atoms with Crippen molar-refractivity contribution in [1.82, 2.24) is 0 Å². The molecule has 0 radical (unpaired) electrons. The standard InChI is InChI=1S/C30H32N2O2/c1-29(2,3)23-11-21(12-24(15-23)30(4,5)6)19-7-9-20(10-8-19)22-13-25(31-17-27(31)33)16-26(14-22)32-18-28(32)34/h7-16H,17-18H2,1-6H3. The second-order valence-electron chi connectivity index (χ2n) is 11.6. The van der Waals surface area contributed by atoms with E-state index in [0.717, 1.165) is 22.5 Å². The summed E-state index contributed by atoms with van der Waals surface area (Å²) in [6.07, 6.45) is 0. The van der Waals surface area contributed by atoms with Crippen LogP contribution in [0.15, 0.2) is 60.7 Å². The lowest BCUT2D eigenvalue weighted by Crippen LogP contribution is -2.16. The zero-order chi connectivity index (χ0) is 24.4. The van der Waals surface area contributed by atoms with Crippen molar-refractivity contribution in [3.05, 3.63) is 71.8 Å². The number of rotatable bonds is 4. The molecule has 4 heteroatoms. The Bertz CT molecular complexity index is 1230. The fourth-order valence-corrected chi connectivity index (χ4v) is 4.26. The maximum Gasteiger partial charge on any atom is 0.247 e. The fourth-order valence-electron chi connectivity index (χ4n) is 4.26. The zero-order valence-electron chi connectivity index (χ0n) is 20.9. The SMILES string of the molecule is CC(C)(C)c1cc(-c2ccc(-c3cc(N4CC4=O)cc(N4CC4=O)c3)cc2)cc(C(C)(C)C)c1. The molecule has 2 heterocycles. The number of anilines is 2. The topological polar surface area (TPSA) is 40.2 Å². The second kappa shape index (κ2) is 7.56. The molecule has 0 bridgehead atoms. The largest absolute Gasteiger partial charge is 0.301 e. The van der Waals surface area contributed by atoms with Crippen LogP contribution >= 0.6 is 0 Å². The van der Waals surface area contributed by atoms with Gasteiger partial charge < -0.3 is 9.80 Å². The second-order valence-corrected chi connectivity index (χ2v) is 11.6. The molecule has 0 aromatic heterocycles. The highest BCUT2D eigenvalue weighted by molar-refractivity contribution is 6.15. The number of benzene rings is 3. The van der Waals surface area contributed by atoms with E-state index in [1.54, 1.807) is 9.80 Å². The number of hydrogen-bond acceptors (Lipinski definition) is 2. The Hall–Kier alpha value is -3.40. The van der Waals surface area contributed by atoms with Crippen molar-refractivity contribution in [3.63, 3.8) is 0 Å². The van der Waals surface area contributed by atoms with Crippen molar-refractivity contribution in [3.8, 4) is 22.3 Å². The van der Waals surface area contributed by atoms with Crippen LogP contribution in [0.1, 0.15) is 52.7 Å². The van der Waals surface area contributed by atoms with Crippen LogP contribution in [0.5, 0.6) is 0 Å². The normalized spacial score (nSPS) is 15.7. The molecular weight excluding hydrogens is 420 g/mol. The van der Waals surface area contributed by atoms with E-state index in [4.69, 9.17) is 0 Å². The van der Waals surface area contributed by atoms with Crippen LogP contribution in [-0.2, 0) is 20.4 Å². The van der Waals surface area contributed by atoms with E-state index in [0.29, 0.717) is 13.1 Å². The molecule has 5 rings (SSSR count). The van der Waals surface area contributed by atoms with Crippen LogP contribution in [-0.4, -0.2) is 24.9 Å². The van der Waals surface area contributed by atoms with Gasteiger partial charge in [-0.1, -0.05) is 84.0 Å². The van der Waals surface area contributed by atoms with Crippen molar-refractivity contribution in [2.45, 2.75) is 52.4 Å². The minimum absolute atomic E-state index is 0.0674. The monoisotopic (exact) mass is 452 g/mol. The Morgan fingerprint density at radius 1 is 0.529 bits per heavy atom. The predicted molar refractivity (Wildman–Crippen MR) is 139 cm³/mol. The first kappa shape index (κ1) is 22.4. The minimum atomic E-state index is 0.0674. The van der Waals surface area contributed by atoms with Crippen molar-refractivity contribution >= 4 is 23.2 Å². The lowest BCUT2D eigenvalue weighted by molar-refractivity contribution is -0.110. The van der Waals surface area contributed by atoms with Crippen LogP contribution < -0.4 is 9.80 Å². The van der Waals surface area contributed by atoms with Gasteiger partial charge in [0.05, 0.1) is 0 Å². The molecule has 0 aliphatic carbocycles. The van der Waals surface area contributed by atoms with Crippen LogP contribution in [0.25, 0.3) is 22.3 Å². The van der Waals surface area contributed by atoms with E-state index in [1.807, 2.05) is 18.2 Å². The lowest BCUT2D eigenvalue weighted by atomic mass is 9.79. The summed E-state index contributed by atoms with van der Waals surface area (Å²) in [5, 5.41) is 0. The van der Waals surface area contributed by atoms with Gasteiger partial charge in [0.2, 0.25) is 11.8 Å². The van der Waals surface area contributed by atoms with E-state index < -0.39 is 0 Å². The Morgan fingerprint density at radius 3 is 1.21 bits per heavy atom. The van der Waals surface area contributed by atoms with Gasteiger partial charge in [0.1, 0.15) is 13.1 Å². The van der Waals surface area contributed by atoms with E-state index in [9.17, 15) is 9.59 Å². The summed E-state index contributed by atoms with van der Waals surface area (Å²) in [7, 11) is 0. The van der Waals surface area contributed by atoms with Crippen molar-refractivity contribution in [1.29, 1.82) is 0 Å². The molecule has 174 valence electrons. The molecule has 2 amide bonds. The van der Waals surface area contributed by atoms with Gasteiger partial charge in [-0.05, 0) is 62.4 Å². The van der Waals surface area contributed by atoms with Gasteiger partial charge in [0.15, 0.2) is 0 Å². The van der Waals surface area contributed by atoms with Gasteiger partial charge in [0, 0.05) is 11.4 Å². The lowest BCUT2D eigenvalue weighted by Gasteiger charge is -2.26. The Balaban J connectivity index is 1.53. The third kappa shape index (κ3) is 4.37. The quantitative estimate of drug-likeness (QED) is 0.435. The van der Waals surface area contributed by atoms with E-state index in [-0.39, 0.29) is 22.6 Å². The molecule has 4 nitrogen and oxygen atoms in total. The average molecular weight is 453 g/mol. The molecule has 0 unspecified atom stereocenters. The van der Waals surface area contributed by atoms with Crippen molar-refractivity contribution in [2.75, 3.05) is 22.9 Å². The fraction of sp³-hybridized carbons (Fsp3) is 0.333. The van der Waals surface area contributed by atoms with Gasteiger partial charge in [-0.3, -0.25) is 9.59 Å². The number of carbonyl (C=O) groups is 2. The summed E-state index contributed by atoms with van der Waals surface area (Å²) in [6, 6.07) is 21.6. The molecule has 0 N–H and O–H groups in total. The van der Waals surface area contributed by atoms with Crippen LogP contribution in [0.4, 0.5) is 11.4 Å². The molecule has 0 saturated carbocycles. The average Bonchev–Trinajstić information content (AvgIpc) is 3.69. The van der Waals surface area contributed by atoms with E-state index >= 15 is 0 Å². The molecular formula is C30H32N2O2. The van der Waals surface area contributed by atoms with Crippen molar-refractivity contribution in [2.24, 2.45) is 0 Å². The molecule has 3 aromatic carbocycles. The first-order valence-electron chi connectivity index (χ1n) is 11.9. The summed E-state index contributed by atoms with van der Waals surface area (Å²) >= 11 is 0. The molecule has 0 spiro atoms. The van der Waals surface area contributed by atoms with Crippen LogP contribution in [0.3, 0.4) is 0 Å². The highest BCUT2D eigenvalue weighted by Crippen LogP contribution is 2.38.